The van der Waals surface area contributed by atoms with E-state index < -0.39 is 4.92 Å². The number of para-hydroxylation sites is 3. The van der Waals surface area contributed by atoms with Crippen molar-refractivity contribution in [2.75, 3.05) is 0 Å². The molecule has 27 heavy (non-hydrogen) atoms. The highest BCUT2D eigenvalue weighted by atomic mass is 16.6. The van der Waals surface area contributed by atoms with Gasteiger partial charge in [-0.05, 0) is 37.3 Å². The van der Waals surface area contributed by atoms with Crippen LogP contribution in [0.25, 0.3) is 22.8 Å². The number of ketones is 1. The van der Waals surface area contributed by atoms with E-state index in [0.717, 1.165) is 11.0 Å². The molecule has 0 aliphatic carbocycles. The SMILES string of the molecule is Cc1nn2c3ccccc3n(C)c2c1C(=O)/C=C/c1ccccc1[N+](=O)[O-]. The molecule has 2 aromatic carbocycles. The summed E-state index contributed by atoms with van der Waals surface area (Å²) in [6, 6.07) is 14.1. The lowest BCUT2D eigenvalue weighted by Crippen LogP contribution is -2.00. The van der Waals surface area contributed by atoms with Crippen LogP contribution in [0.15, 0.2) is 54.6 Å². The van der Waals surface area contributed by atoms with Crippen LogP contribution in [0.5, 0.6) is 0 Å². The summed E-state index contributed by atoms with van der Waals surface area (Å²) in [4.78, 5) is 23.6. The Balaban J connectivity index is 1.82. The first kappa shape index (κ1) is 16.7. The third-order valence-corrected chi connectivity index (χ3v) is 4.62. The average molecular weight is 360 g/mol. The molecule has 0 atom stereocenters. The second-order valence-electron chi connectivity index (χ2n) is 6.26. The first-order valence-electron chi connectivity index (χ1n) is 8.37. The molecule has 2 aromatic heterocycles. The van der Waals surface area contributed by atoms with Crippen LogP contribution in [0.1, 0.15) is 21.6 Å². The van der Waals surface area contributed by atoms with Crippen LogP contribution in [-0.2, 0) is 7.05 Å². The molecule has 2 heterocycles. The number of carbonyl (C=O) groups excluding carboxylic acids is 1. The van der Waals surface area contributed by atoms with Crippen LogP contribution in [0.4, 0.5) is 5.69 Å². The van der Waals surface area contributed by atoms with E-state index in [0.29, 0.717) is 22.5 Å². The smallest absolute Gasteiger partial charge is 0.276 e. The van der Waals surface area contributed by atoms with Gasteiger partial charge in [-0.1, -0.05) is 24.3 Å². The number of imidazole rings is 1. The lowest BCUT2D eigenvalue weighted by Gasteiger charge is -1.99. The van der Waals surface area contributed by atoms with Gasteiger partial charge in [0.2, 0.25) is 0 Å². The molecule has 0 bridgehead atoms. The standard InChI is InChI=1S/C20H16N4O3/c1-13-19(18(25)12-11-14-7-3-4-8-15(14)24(26)27)20-22(2)16-9-5-6-10-17(16)23(20)21-13/h3-12H,1-2H3/b12-11+. The number of allylic oxidation sites excluding steroid dienone is 1. The van der Waals surface area contributed by atoms with Gasteiger partial charge in [-0.3, -0.25) is 14.9 Å². The number of benzene rings is 2. The number of aromatic nitrogens is 3. The molecule has 0 N–H and O–H groups in total. The van der Waals surface area contributed by atoms with Gasteiger partial charge in [-0.15, -0.1) is 0 Å². The summed E-state index contributed by atoms with van der Waals surface area (Å²) in [5.74, 6) is -0.244. The van der Waals surface area contributed by atoms with Gasteiger partial charge in [0, 0.05) is 13.1 Å². The average Bonchev–Trinajstić information content (AvgIpc) is 3.14. The molecule has 134 valence electrons. The Labute approximate surface area is 154 Å². The quantitative estimate of drug-likeness (QED) is 0.239. The summed E-state index contributed by atoms with van der Waals surface area (Å²) in [5.41, 5.74) is 4.03. The first-order chi connectivity index (χ1) is 13.0. The largest absolute Gasteiger partial charge is 0.327 e. The summed E-state index contributed by atoms with van der Waals surface area (Å²) >= 11 is 0. The number of hydrogen-bond donors (Lipinski definition) is 0. The normalized spacial score (nSPS) is 11.6. The van der Waals surface area contributed by atoms with E-state index in [1.54, 1.807) is 29.6 Å². The van der Waals surface area contributed by atoms with Gasteiger partial charge in [0.05, 0.1) is 32.8 Å². The molecule has 0 saturated heterocycles. The van der Waals surface area contributed by atoms with Crippen molar-refractivity contribution in [3.8, 4) is 0 Å². The van der Waals surface area contributed by atoms with Crippen molar-refractivity contribution in [2.24, 2.45) is 7.05 Å². The molecular formula is C20H16N4O3. The number of hydrogen-bond acceptors (Lipinski definition) is 4. The van der Waals surface area contributed by atoms with Crippen molar-refractivity contribution < 1.29 is 9.72 Å². The summed E-state index contributed by atoms with van der Waals surface area (Å²) in [7, 11) is 1.89. The number of nitrogens with zero attached hydrogens (tertiary/aromatic N) is 4. The maximum Gasteiger partial charge on any atom is 0.276 e. The van der Waals surface area contributed by atoms with Crippen molar-refractivity contribution >= 4 is 34.2 Å². The maximum atomic E-state index is 12.9. The molecule has 7 heteroatoms. The van der Waals surface area contributed by atoms with Gasteiger partial charge in [-0.25, -0.2) is 4.52 Å². The zero-order valence-corrected chi connectivity index (χ0v) is 14.8. The lowest BCUT2D eigenvalue weighted by molar-refractivity contribution is -0.385. The van der Waals surface area contributed by atoms with Gasteiger partial charge in [0.25, 0.3) is 5.69 Å². The fraction of sp³-hybridized carbons (Fsp3) is 0.100. The molecule has 0 amide bonds. The Hall–Kier alpha value is -3.74. The zero-order chi connectivity index (χ0) is 19.1. The predicted molar refractivity (Wildman–Crippen MR) is 103 cm³/mol. The molecule has 0 radical (unpaired) electrons. The van der Waals surface area contributed by atoms with Crippen LogP contribution < -0.4 is 0 Å². The minimum absolute atomic E-state index is 0.0389. The van der Waals surface area contributed by atoms with E-state index in [1.807, 2.05) is 35.9 Å². The highest BCUT2D eigenvalue weighted by Gasteiger charge is 2.21. The third-order valence-electron chi connectivity index (χ3n) is 4.62. The molecular weight excluding hydrogens is 344 g/mol. The lowest BCUT2D eigenvalue weighted by atomic mass is 10.1. The summed E-state index contributed by atoms with van der Waals surface area (Å²) in [6.45, 7) is 1.79. The maximum absolute atomic E-state index is 12.9. The van der Waals surface area contributed by atoms with Crippen LogP contribution in [-0.4, -0.2) is 24.9 Å². The Kier molecular flexibility index (Phi) is 3.84. The van der Waals surface area contributed by atoms with E-state index in [4.69, 9.17) is 0 Å². The fourth-order valence-corrected chi connectivity index (χ4v) is 3.37. The molecule has 0 aliphatic rings. The summed E-state index contributed by atoms with van der Waals surface area (Å²) in [5, 5.41) is 15.7. The predicted octanol–water partition coefficient (Wildman–Crippen LogP) is 3.94. The van der Waals surface area contributed by atoms with E-state index in [2.05, 4.69) is 5.10 Å². The van der Waals surface area contributed by atoms with Gasteiger partial charge in [0.15, 0.2) is 5.78 Å². The van der Waals surface area contributed by atoms with Crippen molar-refractivity contribution in [3.63, 3.8) is 0 Å². The van der Waals surface area contributed by atoms with Crippen molar-refractivity contribution in [1.29, 1.82) is 0 Å². The Morgan fingerprint density at radius 3 is 2.52 bits per heavy atom. The summed E-state index contributed by atoms with van der Waals surface area (Å²) in [6.07, 6.45) is 2.84. The zero-order valence-electron chi connectivity index (χ0n) is 14.8. The van der Waals surface area contributed by atoms with Gasteiger partial charge < -0.3 is 4.57 Å². The highest BCUT2D eigenvalue weighted by Crippen LogP contribution is 2.25. The van der Waals surface area contributed by atoms with Gasteiger partial charge in [0.1, 0.15) is 5.65 Å². The number of nitro benzene ring substituents is 1. The Morgan fingerprint density at radius 1 is 1.11 bits per heavy atom. The highest BCUT2D eigenvalue weighted by molar-refractivity contribution is 6.12. The summed E-state index contributed by atoms with van der Waals surface area (Å²) < 4.78 is 3.69. The van der Waals surface area contributed by atoms with Crippen molar-refractivity contribution in [1.82, 2.24) is 14.2 Å². The Bertz CT molecular complexity index is 1250. The second kappa shape index (κ2) is 6.21. The molecule has 0 spiro atoms. The van der Waals surface area contributed by atoms with Crippen LogP contribution in [0.3, 0.4) is 0 Å². The molecule has 4 rings (SSSR count). The molecule has 4 aromatic rings. The topological polar surface area (TPSA) is 82.4 Å². The molecule has 0 aliphatic heterocycles. The van der Waals surface area contributed by atoms with Crippen LogP contribution >= 0.6 is 0 Å². The number of aryl methyl sites for hydroxylation is 2. The third kappa shape index (κ3) is 2.60. The molecule has 0 unspecified atom stereocenters. The van der Waals surface area contributed by atoms with Crippen LogP contribution in [0, 0.1) is 17.0 Å². The van der Waals surface area contributed by atoms with E-state index >= 15 is 0 Å². The minimum atomic E-state index is -0.461. The number of fused-ring (bicyclic) bond motifs is 3. The van der Waals surface area contributed by atoms with Gasteiger partial charge in [-0.2, -0.15) is 5.10 Å². The van der Waals surface area contributed by atoms with Crippen molar-refractivity contribution in [2.45, 2.75) is 6.92 Å². The van der Waals surface area contributed by atoms with Gasteiger partial charge >= 0.3 is 0 Å². The number of nitro groups is 1. The first-order valence-corrected chi connectivity index (χ1v) is 8.37. The monoisotopic (exact) mass is 360 g/mol. The number of carbonyl (C=O) groups is 1. The minimum Gasteiger partial charge on any atom is -0.327 e. The molecule has 0 saturated carbocycles. The number of rotatable bonds is 4. The molecule has 0 fully saturated rings. The van der Waals surface area contributed by atoms with E-state index in [9.17, 15) is 14.9 Å². The van der Waals surface area contributed by atoms with E-state index in [1.165, 1.54) is 18.2 Å². The Morgan fingerprint density at radius 2 is 1.78 bits per heavy atom. The fourth-order valence-electron chi connectivity index (χ4n) is 3.37. The second-order valence-corrected chi connectivity index (χ2v) is 6.26. The van der Waals surface area contributed by atoms with Crippen molar-refractivity contribution in [3.05, 3.63) is 81.5 Å². The van der Waals surface area contributed by atoms with Crippen LogP contribution in [0.2, 0.25) is 0 Å². The molecule has 7 nitrogen and oxygen atoms in total. The van der Waals surface area contributed by atoms with E-state index in [-0.39, 0.29) is 11.5 Å².